The Hall–Kier alpha value is -1.46. The van der Waals surface area contributed by atoms with E-state index in [1.54, 1.807) is 6.07 Å². The first-order valence-corrected chi connectivity index (χ1v) is 7.05. The van der Waals surface area contributed by atoms with Gasteiger partial charge in [0.15, 0.2) is 11.6 Å². The van der Waals surface area contributed by atoms with E-state index < -0.39 is 22.4 Å². The Bertz CT molecular complexity index is 649. The first-order chi connectivity index (χ1) is 8.99. The van der Waals surface area contributed by atoms with E-state index >= 15 is 0 Å². The van der Waals surface area contributed by atoms with Crippen LogP contribution >= 0.6 is 11.6 Å². The number of nitrogens with two attached hydrogens (primary N) is 1. The quantitative estimate of drug-likeness (QED) is 0.882. The van der Waals surface area contributed by atoms with Crippen LogP contribution in [0.25, 0.3) is 0 Å². The van der Waals surface area contributed by atoms with E-state index in [9.17, 15) is 13.0 Å². The van der Waals surface area contributed by atoms with Crippen LogP contribution in [0, 0.1) is 11.6 Å². The van der Waals surface area contributed by atoms with Gasteiger partial charge in [-0.1, -0.05) is 23.7 Å². The highest BCUT2D eigenvalue weighted by atomic mass is 35.5. The third-order valence-corrected chi connectivity index (χ3v) is 4.23. The Morgan fingerprint density at radius 1 is 1.21 bits per heavy atom. The van der Waals surface area contributed by atoms with E-state index in [1.807, 2.05) is 0 Å². The fourth-order valence-corrected chi connectivity index (χ4v) is 2.92. The van der Waals surface area contributed by atoms with Crippen molar-refractivity contribution in [2.45, 2.75) is 10.6 Å². The summed E-state index contributed by atoms with van der Waals surface area (Å²) >= 11 is 5.82. The molecule has 0 heterocycles. The van der Waals surface area contributed by atoms with Gasteiger partial charge >= 0.3 is 0 Å². The van der Waals surface area contributed by atoms with Gasteiger partial charge in [0.05, 0.1) is 27.3 Å². The fourth-order valence-electron chi connectivity index (χ4n) is 1.53. The van der Waals surface area contributed by atoms with Crippen LogP contribution in [0.4, 0.5) is 14.5 Å². The zero-order valence-corrected chi connectivity index (χ0v) is 11.3. The summed E-state index contributed by atoms with van der Waals surface area (Å²) in [5, 5.41) is 0.283. The summed E-state index contributed by atoms with van der Waals surface area (Å²) in [7, 11) is -1.52. The van der Waals surface area contributed by atoms with Crippen molar-refractivity contribution < 1.29 is 13.0 Å². The van der Waals surface area contributed by atoms with Gasteiger partial charge in [0, 0.05) is 10.5 Å². The Kier molecular flexibility index (Phi) is 4.17. The highest BCUT2D eigenvalue weighted by Crippen LogP contribution is 2.23. The maximum Gasteiger partial charge on any atom is 0.162 e. The predicted octanol–water partition coefficient (Wildman–Crippen LogP) is 3.51. The largest absolute Gasteiger partial charge is 0.398 e. The summed E-state index contributed by atoms with van der Waals surface area (Å²) in [6.07, 6.45) is 0. The van der Waals surface area contributed by atoms with Crippen LogP contribution in [0.5, 0.6) is 0 Å². The number of hydrogen-bond acceptors (Lipinski definition) is 2. The lowest BCUT2D eigenvalue weighted by Gasteiger charge is -2.06. The average molecular weight is 302 g/mol. The molecule has 0 bridgehead atoms. The highest BCUT2D eigenvalue weighted by Gasteiger charge is 2.12. The smallest absolute Gasteiger partial charge is 0.162 e. The molecule has 0 aromatic heterocycles. The second-order valence-electron chi connectivity index (χ2n) is 3.89. The molecule has 0 radical (unpaired) electrons. The third-order valence-electron chi connectivity index (χ3n) is 2.55. The lowest BCUT2D eigenvalue weighted by atomic mass is 10.2. The Morgan fingerprint density at radius 3 is 2.63 bits per heavy atom. The van der Waals surface area contributed by atoms with Crippen LogP contribution in [-0.4, -0.2) is 4.21 Å². The molecule has 0 aliphatic carbocycles. The number of anilines is 1. The molecule has 0 aliphatic rings. The molecule has 19 heavy (non-hydrogen) atoms. The molecule has 0 aliphatic heterocycles. The van der Waals surface area contributed by atoms with Crippen molar-refractivity contribution in [2.24, 2.45) is 0 Å². The summed E-state index contributed by atoms with van der Waals surface area (Å²) in [5.41, 5.74) is 5.98. The zero-order valence-electron chi connectivity index (χ0n) is 9.70. The van der Waals surface area contributed by atoms with Gasteiger partial charge < -0.3 is 5.73 Å². The molecule has 0 fully saturated rings. The number of halogens is 3. The highest BCUT2D eigenvalue weighted by molar-refractivity contribution is 7.84. The molecule has 0 saturated heterocycles. The predicted molar refractivity (Wildman–Crippen MR) is 72.3 cm³/mol. The molecular formula is C13H10ClF2NOS. The number of nitrogen functional groups attached to an aromatic ring is 1. The number of benzene rings is 2. The van der Waals surface area contributed by atoms with E-state index in [0.717, 1.165) is 6.07 Å². The first-order valence-electron chi connectivity index (χ1n) is 5.35. The van der Waals surface area contributed by atoms with Crippen LogP contribution in [0.3, 0.4) is 0 Å². The van der Waals surface area contributed by atoms with Crippen molar-refractivity contribution in [1.82, 2.24) is 0 Å². The van der Waals surface area contributed by atoms with Gasteiger partial charge in [0.25, 0.3) is 0 Å². The summed E-state index contributed by atoms with van der Waals surface area (Å²) in [4.78, 5) is 0.419. The Balaban J connectivity index is 2.26. The maximum atomic E-state index is 13.5. The van der Waals surface area contributed by atoms with Gasteiger partial charge in [0.1, 0.15) is 0 Å². The molecule has 2 rings (SSSR count). The van der Waals surface area contributed by atoms with Crippen molar-refractivity contribution in [2.75, 3.05) is 5.73 Å². The second-order valence-corrected chi connectivity index (χ2v) is 5.74. The van der Waals surface area contributed by atoms with E-state index in [-0.39, 0.29) is 16.3 Å². The van der Waals surface area contributed by atoms with Crippen LogP contribution < -0.4 is 5.73 Å². The standard InChI is InChI=1S/C13H10ClF2NOS/c14-10-6-9(4-5-12(10)17)19(18)7-8-2-1-3-11(15)13(8)16/h1-6H,7,17H2. The minimum absolute atomic E-state index is 0.0614. The molecule has 1 atom stereocenters. The summed E-state index contributed by atoms with van der Waals surface area (Å²) in [6, 6.07) is 8.33. The minimum Gasteiger partial charge on any atom is -0.398 e. The molecule has 2 N–H and O–H groups in total. The van der Waals surface area contributed by atoms with Crippen molar-refractivity contribution in [3.05, 3.63) is 58.6 Å². The molecule has 2 aromatic rings. The molecule has 1 unspecified atom stereocenters. The van der Waals surface area contributed by atoms with Crippen molar-refractivity contribution in [3.63, 3.8) is 0 Å². The number of hydrogen-bond donors (Lipinski definition) is 1. The molecular weight excluding hydrogens is 292 g/mol. The van der Waals surface area contributed by atoms with Crippen LogP contribution in [0.1, 0.15) is 5.56 Å². The molecule has 0 amide bonds. The van der Waals surface area contributed by atoms with Gasteiger partial charge in [-0.05, 0) is 24.3 Å². The van der Waals surface area contributed by atoms with E-state index in [1.165, 1.54) is 24.3 Å². The lowest BCUT2D eigenvalue weighted by molar-refractivity contribution is 0.502. The summed E-state index contributed by atoms with van der Waals surface area (Å²) in [6.45, 7) is 0. The van der Waals surface area contributed by atoms with Crippen LogP contribution in [0.15, 0.2) is 41.3 Å². The number of rotatable bonds is 3. The van der Waals surface area contributed by atoms with E-state index in [4.69, 9.17) is 17.3 Å². The molecule has 2 aromatic carbocycles. The second kappa shape index (κ2) is 5.67. The van der Waals surface area contributed by atoms with Gasteiger partial charge in [-0.15, -0.1) is 0 Å². The summed E-state index contributed by atoms with van der Waals surface area (Å²) < 4.78 is 38.6. The van der Waals surface area contributed by atoms with Gasteiger partial charge in [-0.2, -0.15) is 0 Å². The molecule has 100 valence electrons. The zero-order chi connectivity index (χ0) is 14.0. The molecule has 0 saturated carbocycles. The monoisotopic (exact) mass is 301 g/mol. The van der Waals surface area contributed by atoms with E-state index in [2.05, 4.69) is 0 Å². The fraction of sp³-hybridized carbons (Fsp3) is 0.0769. The first kappa shape index (κ1) is 14.0. The van der Waals surface area contributed by atoms with Crippen molar-refractivity contribution in [3.8, 4) is 0 Å². The maximum absolute atomic E-state index is 13.5. The average Bonchev–Trinajstić information content (AvgIpc) is 2.38. The van der Waals surface area contributed by atoms with Crippen molar-refractivity contribution in [1.29, 1.82) is 0 Å². The van der Waals surface area contributed by atoms with Gasteiger partial charge in [-0.25, -0.2) is 8.78 Å². The van der Waals surface area contributed by atoms with Gasteiger partial charge in [0.2, 0.25) is 0 Å². The van der Waals surface area contributed by atoms with Crippen molar-refractivity contribution >= 4 is 28.1 Å². The lowest BCUT2D eigenvalue weighted by Crippen LogP contribution is -2.01. The molecule has 2 nitrogen and oxygen atoms in total. The van der Waals surface area contributed by atoms with Gasteiger partial charge in [-0.3, -0.25) is 4.21 Å². The van der Waals surface area contributed by atoms with Crippen LogP contribution in [-0.2, 0) is 16.6 Å². The third kappa shape index (κ3) is 3.11. The summed E-state index contributed by atoms with van der Waals surface area (Å²) in [5.74, 6) is -2.05. The minimum atomic E-state index is -1.52. The van der Waals surface area contributed by atoms with E-state index in [0.29, 0.717) is 10.6 Å². The Labute approximate surface area is 116 Å². The molecule has 0 spiro atoms. The SMILES string of the molecule is Nc1ccc(S(=O)Cc2cccc(F)c2F)cc1Cl. The Morgan fingerprint density at radius 2 is 1.95 bits per heavy atom. The molecule has 6 heteroatoms. The topological polar surface area (TPSA) is 43.1 Å². The normalized spacial score (nSPS) is 12.4. The van der Waals surface area contributed by atoms with Crippen LogP contribution in [0.2, 0.25) is 5.02 Å².